The predicted octanol–water partition coefficient (Wildman–Crippen LogP) is 3.04. The first kappa shape index (κ1) is 10.7. The molecule has 0 aromatic carbocycles. The van der Waals surface area contributed by atoms with Gasteiger partial charge in [0.25, 0.3) is 0 Å². The number of aldehydes is 1. The van der Waals surface area contributed by atoms with E-state index >= 15 is 0 Å². The smallest absolute Gasteiger partial charge is 0.123 e. The average molecular weight is 156 g/mol. The van der Waals surface area contributed by atoms with E-state index in [1.165, 1.54) is 12.8 Å². The van der Waals surface area contributed by atoms with Crippen LogP contribution in [0.2, 0.25) is 0 Å². The maximum Gasteiger partial charge on any atom is 0.123 e. The Kier molecular flexibility index (Phi) is 6.19. The quantitative estimate of drug-likeness (QED) is 0.533. The Morgan fingerprint density at radius 2 is 1.55 bits per heavy atom. The maximum atomic E-state index is 10.3. The molecule has 0 bridgehead atoms. The van der Waals surface area contributed by atoms with Gasteiger partial charge in [-0.2, -0.15) is 0 Å². The molecule has 1 heteroatoms. The molecule has 0 saturated heterocycles. The molecule has 0 heterocycles. The van der Waals surface area contributed by atoms with Crippen LogP contribution in [0.3, 0.4) is 0 Å². The second-order valence-electron chi connectivity index (χ2n) is 3.16. The van der Waals surface area contributed by atoms with Gasteiger partial charge in [0.15, 0.2) is 0 Å². The predicted molar refractivity (Wildman–Crippen MR) is 48.5 cm³/mol. The Bertz CT molecular complexity index is 91.0. The van der Waals surface area contributed by atoms with Crippen molar-refractivity contribution in [1.82, 2.24) is 0 Å². The zero-order valence-electron chi connectivity index (χ0n) is 7.97. The molecule has 1 fully saturated rings. The molecule has 1 saturated carbocycles. The van der Waals surface area contributed by atoms with Crippen LogP contribution in [0.4, 0.5) is 0 Å². The Morgan fingerprint density at radius 3 is 1.91 bits per heavy atom. The summed E-state index contributed by atoms with van der Waals surface area (Å²) in [4.78, 5) is 10.3. The van der Waals surface area contributed by atoms with Crippen molar-refractivity contribution in [2.75, 3.05) is 0 Å². The summed E-state index contributed by atoms with van der Waals surface area (Å²) in [5, 5.41) is 0. The topological polar surface area (TPSA) is 17.1 Å². The first-order valence-electron chi connectivity index (χ1n) is 4.78. The highest BCUT2D eigenvalue weighted by Gasteiger charge is 2.16. The van der Waals surface area contributed by atoms with E-state index in [2.05, 4.69) is 6.92 Å². The molecule has 0 aromatic heterocycles. The van der Waals surface area contributed by atoms with Crippen LogP contribution in [0.1, 0.15) is 46.5 Å². The summed E-state index contributed by atoms with van der Waals surface area (Å²) in [5.74, 6) is 1.25. The molecule has 0 radical (unpaired) electrons. The third-order valence-electron chi connectivity index (χ3n) is 2.25. The minimum Gasteiger partial charge on any atom is -0.303 e. The lowest BCUT2D eigenvalue weighted by Gasteiger charge is -2.21. The normalized spacial score (nSPS) is 30.1. The van der Waals surface area contributed by atoms with E-state index in [1.54, 1.807) is 0 Å². The van der Waals surface area contributed by atoms with Gasteiger partial charge in [0.05, 0.1) is 0 Å². The lowest BCUT2D eigenvalue weighted by molar-refractivity contribution is -0.112. The summed E-state index contributed by atoms with van der Waals surface area (Å²) >= 11 is 0. The molecule has 0 aromatic rings. The largest absolute Gasteiger partial charge is 0.303 e. The van der Waals surface area contributed by atoms with Crippen LogP contribution in [0.15, 0.2) is 0 Å². The molecule has 0 N–H and O–H groups in total. The molecular formula is C10H20O. The molecule has 0 unspecified atom stereocenters. The van der Waals surface area contributed by atoms with Gasteiger partial charge in [-0.25, -0.2) is 0 Å². The molecule has 1 nitrogen and oxygen atoms in total. The monoisotopic (exact) mass is 156 g/mol. The SMILES string of the molecule is CC.CC1CCC(C=O)CC1. The highest BCUT2D eigenvalue weighted by molar-refractivity contribution is 5.53. The fraction of sp³-hybridized carbons (Fsp3) is 0.900. The summed E-state index contributed by atoms with van der Waals surface area (Å²) in [5.41, 5.74) is 0. The third-order valence-corrected chi connectivity index (χ3v) is 2.25. The van der Waals surface area contributed by atoms with Crippen LogP contribution in [-0.2, 0) is 4.79 Å². The molecule has 1 aliphatic rings. The minimum absolute atomic E-state index is 0.390. The van der Waals surface area contributed by atoms with Crippen molar-refractivity contribution in [2.24, 2.45) is 11.8 Å². The number of hydrogen-bond donors (Lipinski definition) is 0. The van der Waals surface area contributed by atoms with Crippen LogP contribution in [0, 0.1) is 11.8 Å². The van der Waals surface area contributed by atoms with E-state index < -0.39 is 0 Å². The van der Waals surface area contributed by atoms with Crippen LogP contribution >= 0.6 is 0 Å². The highest BCUT2D eigenvalue weighted by Crippen LogP contribution is 2.26. The fourth-order valence-corrected chi connectivity index (χ4v) is 1.42. The molecule has 0 atom stereocenters. The van der Waals surface area contributed by atoms with E-state index in [0.29, 0.717) is 5.92 Å². The van der Waals surface area contributed by atoms with Gasteiger partial charge in [-0.15, -0.1) is 0 Å². The van der Waals surface area contributed by atoms with Gasteiger partial charge >= 0.3 is 0 Å². The van der Waals surface area contributed by atoms with Gasteiger partial charge in [-0.05, 0) is 18.8 Å². The lowest BCUT2D eigenvalue weighted by Crippen LogP contribution is -2.12. The summed E-state index contributed by atoms with van der Waals surface area (Å²) < 4.78 is 0. The summed E-state index contributed by atoms with van der Waals surface area (Å²) in [6, 6.07) is 0. The summed E-state index contributed by atoms with van der Waals surface area (Å²) in [6.07, 6.45) is 5.88. The van der Waals surface area contributed by atoms with Crippen LogP contribution in [0.25, 0.3) is 0 Å². The number of hydrogen-bond acceptors (Lipinski definition) is 1. The zero-order chi connectivity index (χ0) is 8.69. The number of rotatable bonds is 1. The fourth-order valence-electron chi connectivity index (χ4n) is 1.42. The van der Waals surface area contributed by atoms with E-state index in [4.69, 9.17) is 0 Å². The molecule has 1 rings (SSSR count). The van der Waals surface area contributed by atoms with E-state index in [1.807, 2.05) is 13.8 Å². The van der Waals surface area contributed by atoms with Crippen molar-refractivity contribution in [2.45, 2.75) is 46.5 Å². The number of carbonyl (C=O) groups excluding carboxylic acids is 1. The van der Waals surface area contributed by atoms with E-state index in [9.17, 15) is 4.79 Å². The van der Waals surface area contributed by atoms with Gasteiger partial charge in [-0.1, -0.05) is 33.6 Å². The maximum absolute atomic E-state index is 10.3. The Morgan fingerprint density at radius 1 is 1.09 bits per heavy atom. The van der Waals surface area contributed by atoms with Gasteiger partial charge < -0.3 is 4.79 Å². The van der Waals surface area contributed by atoms with Gasteiger partial charge in [-0.3, -0.25) is 0 Å². The molecule has 0 spiro atoms. The summed E-state index contributed by atoms with van der Waals surface area (Å²) in [7, 11) is 0. The Hall–Kier alpha value is -0.330. The van der Waals surface area contributed by atoms with Crippen molar-refractivity contribution in [3.8, 4) is 0 Å². The molecular weight excluding hydrogens is 136 g/mol. The second kappa shape index (κ2) is 6.38. The van der Waals surface area contributed by atoms with Crippen molar-refractivity contribution in [1.29, 1.82) is 0 Å². The standard InChI is InChI=1S/C8H14O.C2H6/c1-7-2-4-8(6-9)5-3-7;1-2/h6-8H,2-5H2,1H3;1-2H3. The lowest BCUT2D eigenvalue weighted by atomic mass is 9.84. The Labute approximate surface area is 70.2 Å². The van der Waals surface area contributed by atoms with Crippen molar-refractivity contribution in [3.05, 3.63) is 0 Å². The first-order valence-corrected chi connectivity index (χ1v) is 4.78. The van der Waals surface area contributed by atoms with Crippen LogP contribution in [-0.4, -0.2) is 6.29 Å². The van der Waals surface area contributed by atoms with Gasteiger partial charge in [0.2, 0.25) is 0 Å². The van der Waals surface area contributed by atoms with Crippen molar-refractivity contribution in [3.63, 3.8) is 0 Å². The minimum atomic E-state index is 0.390. The van der Waals surface area contributed by atoms with Crippen molar-refractivity contribution >= 4 is 6.29 Å². The molecule has 66 valence electrons. The molecule has 11 heavy (non-hydrogen) atoms. The third kappa shape index (κ3) is 4.18. The van der Waals surface area contributed by atoms with Crippen LogP contribution in [0.5, 0.6) is 0 Å². The summed E-state index contributed by atoms with van der Waals surface area (Å²) in [6.45, 7) is 6.26. The van der Waals surface area contributed by atoms with Gasteiger partial charge in [0, 0.05) is 5.92 Å². The molecule has 0 aliphatic heterocycles. The zero-order valence-corrected chi connectivity index (χ0v) is 7.97. The van der Waals surface area contributed by atoms with E-state index in [-0.39, 0.29) is 0 Å². The highest BCUT2D eigenvalue weighted by atomic mass is 16.1. The Balaban J connectivity index is 0.000000461. The molecule has 0 amide bonds. The number of carbonyl (C=O) groups is 1. The first-order chi connectivity index (χ1) is 5.33. The molecule has 1 aliphatic carbocycles. The van der Waals surface area contributed by atoms with Crippen LogP contribution < -0.4 is 0 Å². The average Bonchev–Trinajstić information content (AvgIpc) is 2.10. The second-order valence-corrected chi connectivity index (χ2v) is 3.16. The van der Waals surface area contributed by atoms with E-state index in [0.717, 1.165) is 25.0 Å². The van der Waals surface area contributed by atoms with Gasteiger partial charge in [0.1, 0.15) is 6.29 Å². The van der Waals surface area contributed by atoms with Crippen molar-refractivity contribution < 1.29 is 4.79 Å².